The molecule has 1 rings (SSSR count). The van der Waals surface area contributed by atoms with Gasteiger partial charge >= 0.3 is 11.9 Å². The van der Waals surface area contributed by atoms with Crippen LogP contribution in [0.3, 0.4) is 0 Å². The molecule has 6 heteroatoms. The van der Waals surface area contributed by atoms with Crippen LogP contribution >= 0.6 is 0 Å². The molecule has 1 aromatic heterocycles. The Morgan fingerprint density at radius 2 is 1.78 bits per heavy atom. The van der Waals surface area contributed by atoms with Crippen LogP contribution in [0.2, 0.25) is 0 Å². The number of aromatic carboxylic acids is 2. The average molecular weight is 250 g/mol. The molecule has 1 heterocycles. The van der Waals surface area contributed by atoms with Crippen molar-refractivity contribution < 1.29 is 19.8 Å². The van der Waals surface area contributed by atoms with Crippen molar-refractivity contribution in [1.29, 1.82) is 0 Å². The maximum atomic E-state index is 11.1. The molecule has 0 spiro atoms. The van der Waals surface area contributed by atoms with Gasteiger partial charge in [-0.1, -0.05) is 0 Å². The summed E-state index contributed by atoms with van der Waals surface area (Å²) in [6, 6.07) is 1.13. The van der Waals surface area contributed by atoms with Gasteiger partial charge in [0.2, 0.25) is 0 Å². The number of pyridine rings is 1. The molecule has 96 valence electrons. The topological polar surface area (TPSA) is 90.7 Å². The van der Waals surface area contributed by atoms with E-state index in [1.165, 1.54) is 13.0 Å². The van der Waals surface area contributed by atoms with Crippen LogP contribution in [0.1, 0.15) is 32.1 Å². The van der Waals surface area contributed by atoms with Gasteiger partial charge in [0, 0.05) is 20.3 Å². The SMILES string of the molecule is Cc1nc(C=CN(C)C)c(C(=O)O)cc1C(=O)O. The molecule has 0 radical (unpaired) electrons. The van der Waals surface area contributed by atoms with Gasteiger partial charge in [-0.2, -0.15) is 0 Å². The Labute approximate surface area is 104 Å². The normalized spacial score (nSPS) is 10.6. The van der Waals surface area contributed by atoms with E-state index in [-0.39, 0.29) is 22.5 Å². The zero-order valence-corrected chi connectivity index (χ0v) is 10.3. The third-order valence-corrected chi connectivity index (χ3v) is 2.23. The molecule has 0 bridgehead atoms. The van der Waals surface area contributed by atoms with Crippen molar-refractivity contribution in [2.24, 2.45) is 0 Å². The van der Waals surface area contributed by atoms with Crippen LogP contribution in [0.25, 0.3) is 6.08 Å². The predicted octanol–water partition coefficient (Wildman–Crippen LogP) is 1.32. The molecule has 0 fully saturated rings. The van der Waals surface area contributed by atoms with E-state index < -0.39 is 11.9 Å². The monoisotopic (exact) mass is 250 g/mol. The third-order valence-electron chi connectivity index (χ3n) is 2.23. The van der Waals surface area contributed by atoms with E-state index in [1.807, 2.05) is 0 Å². The summed E-state index contributed by atoms with van der Waals surface area (Å²) < 4.78 is 0. The first-order chi connectivity index (χ1) is 8.32. The van der Waals surface area contributed by atoms with Gasteiger partial charge in [0.1, 0.15) is 0 Å². The number of rotatable bonds is 4. The second-order valence-electron chi connectivity index (χ2n) is 3.94. The summed E-state index contributed by atoms with van der Waals surface area (Å²) in [5, 5.41) is 18.0. The van der Waals surface area contributed by atoms with Crippen LogP contribution in [0, 0.1) is 6.92 Å². The highest BCUT2D eigenvalue weighted by Gasteiger charge is 2.16. The first-order valence-corrected chi connectivity index (χ1v) is 5.15. The fourth-order valence-electron chi connectivity index (χ4n) is 1.36. The standard InChI is InChI=1S/C12H14N2O4/c1-7-8(11(15)16)6-9(12(17)18)10(13-7)4-5-14(2)3/h4-6H,1-3H3,(H,15,16)(H,17,18). The summed E-state index contributed by atoms with van der Waals surface area (Å²) in [7, 11) is 3.57. The molecule has 0 amide bonds. The molecule has 0 aliphatic heterocycles. The Morgan fingerprint density at radius 3 is 2.22 bits per heavy atom. The number of carbonyl (C=O) groups is 2. The van der Waals surface area contributed by atoms with Crippen LogP contribution in [-0.4, -0.2) is 46.1 Å². The maximum Gasteiger partial charge on any atom is 0.337 e. The summed E-state index contributed by atoms with van der Waals surface area (Å²) >= 11 is 0. The summed E-state index contributed by atoms with van der Waals surface area (Å²) in [6.45, 7) is 1.53. The van der Waals surface area contributed by atoms with Gasteiger partial charge in [-0.25, -0.2) is 9.59 Å². The maximum absolute atomic E-state index is 11.1. The van der Waals surface area contributed by atoms with Gasteiger partial charge in [-0.15, -0.1) is 0 Å². The second-order valence-corrected chi connectivity index (χ2v) is 3.94. The average Bonchev–Trinajstić information content (AvgIpc) is 2.25. The number of aryl methyl sites for hydroxylation is 1. The van der Waals surface area contributed by atoms with Crippen LogP contribution in [-0.2, 0) is 0 Å². The highest BCUT2D eigenvalue weighted by molar-refractivity contribution is 5.96. The van der Waals surface area contributed by atoms with Crippen molar-refractivity contribution in [2.75, 3.05) is 14.1 Å². The zero-order chi connectivity index (χ0) is 13.9. The smallest absolute Gasteiger partial charge is 0.337 e. The van der Waals surface area contributed by atoms with Gasteiger partial charge < -0.3 is 15.1 Å². The minimum Gasteiger partial charge on any atom is -0.478 e. The van der Waals surface area contributed by atoms with Crippen LogP contribution in [0.15, 0.2) is 12.3 Å². The van der Waals surface area contributed by atoms with Crippen molar-refractivity contribution in [3.05, 3.63) is 34.8 Å². The van der Waals surface area contributed by atoms with Crippen LogP contribution in [0.5, 0.6) is 0 Å². The molecular formula is C12H14N2O4. The summed E-state index contributed by atoms with van der Waals surface area (Å²) in [6.07, 6.45) is 3.18. The van der Waals surface area contributed by atoms with E-state index in [4.69, 9.17) is 10.2 Å². The number of nitrogens with zero attached hydrogens (tertiary/aromatic N) is 2. The second kappa shape index (κ2) is 5.31. The van der Waals surface area contributed by atoms with Gasteiger partial charge in [0.25, 0.3) is 0 Å². The molecule has 0 atom stereocenters. The predicted molar refractivity (Wildman–Crippen MR) is 65.6 cm³/mol. The quantitative estimate of drug-likeness (QED) is 0.837. The highest BCUT2D eigenvalue weighted by Crippen LogP contribution is 2.15. The number of carboxylic acids is 2. The highest BCUT2D eigenvalue weighted by atomic mass is 16.4. The lowest BCUT2D eigenvalue weighted by atomic mass is 10.1. The molecule has 6 nitrogen and oxygen atoms in total. The molecule has 1 aromatic rings. The van der Waals surface area contributed by atoms with E-state index in [1.54, 1.807) is 25.2 Å². The molecule has 0 aliphatic carbocycles. The molecule has 18 heavy (non-hydrogen) atoms. The lowest BCUT2D eigenvalue weighted by Crippen LogP contribution is -2.10. The molecular weight excluding hydrogens is 236 g/mol. The first-order valence-electron chi connectivity index (χ1n) is 5.15. The van der Waals surface area contributed by atoms with E-state index >= 15 is 0 Å². The van der Waals surface area contributed by atoms with E-state index in [0.717, 1.165) is 6.07 Å². The minimum atomic E-state index is -1.21. The number of hydrogen-bond acceptors (Lipinski definition) is 4. The molecule has 0 saturated heterocycles. The fourth-order valence-corrected chi connectivity index (χ4v) is 1.36. The van der Waals surface area contributed by atoms with Crippen molar-refractivity contribution in [2.45, 2.75) is 6.92 Å². The fraction of sp³-hybridized carbons (Fsp3) is 0.250. The summed E-state index contributed by atoms with van der Waals surface area (Å²) in [4.78, 5) is 27.7. The lowest BCUT2D eigenvalue weighted by molar-refractivity contribution is 0.0695. The Kier molecular flexibility index (Phi) is 4.04. The minimum absolute atomic E-state index is 0.102. The lowest BCUT2D eigenvalue weighted by Gasteiger charge is -2.07. The molecule has 0 unspecified atom stereocenters. The number of aromatic nitrogens is 1. The summed E-state index contributed by atoms with van der Waals surface area (Å²) in [5.41, 5.74) is 0.287. The third kappa shape index (κ3) is 3.07. The van der Waals surface area contributed by atoms with Gasteiger partial charge in [-0.05, 0) is 19.1 Å². The van der Waals surface area contributed by atoms with Crippen LogP contribution in [0.4, 0.5) is 0 Å². The summed E-state index contributed by atoms with van der Waals surface area (Å²) in [5.74, 6) is -2.39. The van der Waals surface area contributed by atoms with Gasteiger partial charge in [-0.3, -0.25) is 4.98 Å². The number of carboxylic acid groups (broad SMARTS) is 2. The van der Waals surface area contributed by atoms with Crippen molar-refractivity contribution in [3.63, 3.8) is 0 Å². The van der Waals surface area contributed by atoms with E-state index in [0.29, 0.717) is 0 Å². The van der Waals surface area contributed by atoms with Crippen molar-refractivity contribution in [3.8, 4) is 0 Å². The molecule has 0 aromatic carbocycles. The van der Waals surface area contributed by atoms with Gasteiger partial charge in [0.15, 0.2) is 0 Å². The van der Waals surface area contributed by atoms with Crippen LogP contribution < -0.4 is 0 Å². The van der Waals surface area contributed by atoms with E-state index in [9.17, 15) is 9.59 Å². The molecule has 0 saturated carbocycles. The van der Waals surface area contributed by atoms with Crippen molar-refractivity contribution >= 4 is 18.0 Å². The Balaban J connectivity index is 3.38. The van der Waals surface area contributed by atoms with Gasteiger partial charge in [0.05, 0.1) is 22.5 Å². The first kappa shape index (κ1) is 13.7. The molecule has 2 N–H and O–H groups in total. The number of hydrogen-bond donors (Lipinski definition) is 2. The molecule has 0 aliphatic rings. The van der Waals surface area contributed by atoms with Crippen molar-refractivity contribution in [1.82, 2.24) is 9.88 Å². The Hall–Kier alpha value is -2.37. The van der Waals surface area contributed by atoms with E-state index in [2.05, 4.69) is 4.98 Å². The largest absolute Gasteiger partial charge is 0.478 e. The Bertz CT molecular complexity index is 521. The Morgan fingerprint density at radius 1 is 1.22 bits per heavy atom. The zero-order valence-electron chi connectivity index (χ0n) is 10.3.